The number of nitrogens with one attached hydrogen (secondary N) is 1. The molecule has 0 bridgehead atoms. The number of nitrogens with zero attached hydrogens (tertiary/aromatic N) is 1. The quantitative estimate of drug-likeness (QED) is 0.360. The van der Waals surface area contributed by atoms with Crippen molar-refractivity contribution in [2.75, 3.05) is 26.2 Å². The first-order valence-corrected chi connectivity index (χ1v) is 10.7. The highest BCUT2D eigenvalue weighted by Gasteiger charge is 2.09. The molecule has 5 nitrogen and oxygen atoms in total. The maximum atomic E-state index is 11.9. The van der Waals surface area contributed by atoms with E-state index >= 15 is 0 Å². The minimum atomic E-state index is -0.119. The fourth-order valence-corrected chi connectivity index (χ4v) is 2.74. The lowest BCUT2D eigenvalue weighted by molar-refractivity contribution is -0.142. The number of unbranched alkanes of at least 4 members (excludes halogenated alkanes) is 3. The van der Waals surface area contributed by atoms with E-state index in [1.165, 1.54) is 0 Å². The fraction of sp³-hybridized carbons (Fsp3) is 0.727. The van der Waals surface area contributed by atoms with Crippen LogP contribution in [0.2, 0.25) is 0 Å². The summed E-state index contributed by atoms with van der Waals surface area (Å²) in [6.07, 6.45) is 13.6. The van der Waals surface area contributed by atoms with E-state index in [1.54, 1.807) is 0 Å². The second-order valence-electron chi connectivity index (χ2n) is 6.40. The van der Waals surface area contributed by atoms with Gasteiger partial charge in [0, 0.05) is 27.5 Å². The van der Waals surface area contributed by atoms with E-state index in [2.05, 4.69) is 24.4 Å². The average Bonchev–Trinajstić information content (AvgIpc) is 2.71. The Morgan fingerprint density at radius 2 is 1.89 bits per heavy atom. The minimum Gasteiger partial charge on any atom is -0.461 e. The summed E-state index contributed by atoms with van der Waals surface area (Å²) in [5, 5.41) is 2.96. The summed E-state index contributed by atoms with van der Waals surface area (Å²) in [6, 6.07) is 0.0268. The zero-order valence-electron chi connectivity index (χ0n) is 17.9. The molecule has 0 unspecified atom stereocenters. The van der Waals surface area contributed by atoms with Crippen molar-refractivity contribution < 1.29 is 15.8 Å². The van der Waals surface area contributed by atoms with Crippen molar-refractivity contribution in [3.8, 4) is 0 Å². The van der Waals surface area contributed by atoms with Gasteiger partial charge in [-0.2, -0.15) is 0 Å². The molecule has 0 fully saturated rings. The molecule has 0 spiro atoms. The molecule has 1 N–H and O–H groups in total. The number of carbonyl (C=O) groups is 2. The molecule has 0 saturated heterocycles. The van der Waals surface area contributed by atoms with Gasteiger partial charge in [0.15, 0.2) is 0 Å². The number of carbonyl (C=O) groups excluding carboxylic acids is 2. The van der Waals surface area contributed by atoms with Gasteiger partial charge in [0.1, 0.15) is 6.61 Å². The maximum Gasteiger partial charge on any atom is 0.317 e. The Morgan fingerprint density at radius 1 is 1.15 bits per heavy atom. The molecule has 0 saturated carbocycles. The van der Waals surface area contributed by atoms with Crippen LogP contribution in [0.4, 0.5) is 4.79 Å². The monoisotopic (exact) mass is 382 g/mol. The molecule has 0 aromatic carbocycles. The van der Waals surface area contributed by atoms with Crippen molar-refractivity contribution in [3.63, 3.8) is 0 Å². The lowest BCUT2D eigenvalue weighted by Crippen LogP contribution is -2.40. The first-order valence-electron chi connectivity index (χ1n) is 10.7. The molecule has 5 heteroatoms. The third-order valence-corrected chi connectivity index (χ3v) is 4.22. The number of allylic oxidation sites excluding steroid dienone is 2. The predicted octanol–water partition coefficient (Wildman–Crippen LogP) is 5.47. The maximum absolute atomic E-state index is 11.9. The molecule has 1 aliphatic carbocycles. The third-order valence-electron chi connectivity index (χ3n) is 4.22. The Labute approximate surface area is 167 Å². The summed E-state index contributed by atoms with van der Waals surface area (Å²) in [4.78, 5) is 25.4. The molecule has 0 atom stereocenters. The second kappa shape index (κ2) is 17.6. The van der Waals surface area contributed by atoms with Crippen LogP contribution in [0.5, 0.6) is 0 Å². The van der Waals surface area contributed by atoms with E-state index in [-0.39, 0.29) is 13.4 Å². The molecule has 0 aromatic rings. The SMILES string of the molecule is CC.CCCN(CC)C(=O)NCCCCCCC(=O)OCC1=CCCC=C1.[HH]. The van der Waals surface area contributed by atoms with Crippen LogP contribution in [-0.2, 0) is 9.53 Å². The summed E-state index contributed by atoms with van der Waals surface area (Å²) < 4.78 is 5.28. The molecule has 1 rings (SSSR count). The summed E-state index contributed by atoms with van der Waals surface area (Å²) in [7, 11) is 0. The smallest absolute Gasteiger partial charge is 0.317 e. The number of rotatable bonds is 12. The van der Waals surface area contributed by atoms with Crippen molar-refractivity contribution in [1.82, 2.24) is 10.2 Å². The molecule has 0 heterocycles. The predicted molar refractivity (Wildman–Crippen MR) is 115 cm³/mol. The molecular weight excluding hydrogens is 340 g/mol. The van der Waals surface area contributed by atoms with E-state index < -0.39 is 0 Å². The van der Waals surface area contributed by atoms with E-state index in [9.17, 15) is 9.59 Å². The topological polar surface area (TPSA) is 58.6 Å². The van der Waals surface area contributed by atoms with Crippen LogP contribution in [0.1, 0.15) is 80.5 Å². The molecule has 2 amide bonds. The van der Waals surface area contributed by atoms with Crippen LogP contribution in [0, 0.1) is 0 Å². The zero-order valence-corrected chi connectivity index (χ0v) is 17.9. The fourth-order valence-electron chi connectivity index (χ4n) is 2.74. The first-order chi connectivity index (χ1) is 13.2. The molecular formula is C22H42N2O3. The normalized spacial score (nSPS) is 12.5. The van der Waals surface area contributed by atoms with Gasteiger partial charge in [-0.25, -0.2) is 4.79 Å². The standard InChI is InChI=1S/C20H34N2O3.C2H6.H2/c1-3-16-22(4-2)20(24)21-15-11-6-5-10-14-19(23)25-17-18-12-8-7-9-13-18;1-2;/h8,12-13H,3-7,9-11,14-17H2,1-2H3,(H,21,24);1-2H3;1H. The second-order valence-corrected chi connectivity index (χ2v) is 6.40. The highest BCUT2D eigenvalue weighted by atomic mass is 16.5. The minimum absolute atomic E-state index is 0. The van der Waals surface area contributed by atoms with Gasteiger partial charge in [-0.15, -0.1) is 0 Å². The lowest BCUT2D eigenvalue weighted by atomic mass is 10.1. The van der Waals surface area contributed by atoms with E-state index in [4.69, 9.17) is 4.74 Å². The Kier molecular flexibility index (Phi) is 16.5. The van der Waals surface area contributed by atoms with Crippen LogP contribution >= 0.6 is 0 Å². The number of urea groups is 1. The van der Waals surface area contributed by atoms with Crippen LogP contribution in [0.3, 0.4) is 0 Å². The van der Waals surface area contributed by atoms with Crippen molar-refractivity contribution in [1.29, 1.82) is 0 Å². The third kappa shape index (κ3) is 13.1. The molecule has 158 valence electrons. The molecule has 1 aliphatic rings. The Morgan fingerprint density at radius 3 is 2.52 bits per heavy atom. The number of amides is 2. The molecule has 0 radical (unpaired) electrons. The summed E-state index contributed by atoms with van der Waals surface area (Å²) in [6.45, 7) is 10.7. The average molecular weight is 383 g/mol. The Balaban J connectivity index is 0. The summed E-state index contributed by atoms with van der Waals surface area (Å²) in [5.41, 5.74) is 1.10. The number of ether oxygens (including phenoxy) is 1. The van der Waals surface area contributed by atoms with Gasteiger partial charge in [0.2, 0.25) is 0 Å². The van der Waals surface area contributed by atoms with E-state index in [0.29, 0.717) is 19.6 Å². The zero-order chi connectivity index (χ0) is 20.3. The van der Waals surface area contributed by atoms with Gasteiger partial charge in [0.05, 0.1) is 0 Å². The molecule has 0 aromatic heterocycles. The molecule has 27 heavy (non-hydrogen) atoms. The van der Waals surface area contributed by atoms with Crippen LogP contribution in [0.15, 0.2) is 23.8 Å². The van der Waals surface area contributed by atoms with Crippen molar-refractivity contribution in [2.45, 2.75) is 79.1 Å². The summed E-state index contributed by atoms with van der Waals surface area (Å²) >= 11 is 0. The number of hydrogen-bond acceptors (Lipinski definition) is 3. The Bertz CT molecular complexity index is 465. The van der Waals surface area contributed by atoms with E-state index in [0.717, 1.165) is 63.6 Å². The Hall–Kier alpha value is -1.78. The van der Waals surface area contributed by atoms with Gasteiger partial charge in [-0.05, 0) is 44.6 Å². The number of hydrogen-bond donors (Lipinski definition) is 1. The van der Waals surface area contributed by atoms with Gasteiger partial charge < -0.3 is 15.0 Å². The van der Waals surface area contributed by atoms with Gasteiger partial charge in [0.25, 0.3) is 0 Å². The van der Waals surface area contributed by atoms with Crippen molar-refractivity contribution in [3.05, 3.63) is 23.8 Å². The van der Waals surface area contributed by atoms with Gasteiger partial charge >= 0.3 is 12.0 Å². The number of esters is 1. The van der Waals surface area contributed by atoms with Crippen LogP contribution in [-0.4, -0.2) is 43.1 Å². The highest BCUT2D eigenvalue weighted by molar-refractivity contribution is 5.74. The van der Waals surface area contributed by atoms with Gasteiger partial charge in [-0.1, -0.05) is 51.8 Å². The van der Waals surface area contributed by atoms with Crippen LogP contribution in [0.25, 0.3) is 0 Å². The van der Waals surface area contributed by atoms with Crippen molar-refractivity contribution >= 4 is 12.0 Å². The largest absolute Gasteiger partial charge is 0.461 e. The lowest BCUT2D eigenvalue weighted by Gasteiger charge is -2.20. The van der Waals surface area contributed by atoms with Crippen molar-refractivity contribution in [2.24, 2.45) is 0 Å². The summed E-state index contributed by atoms with van der Waals surface area (Å²) in [5.74, 6) is -0.119. The van der Waals surface area contributed by atoms with Gasteiger partial charge in [-0.3, -0.25) is 4.79 Å². The first kappa shape index (κ1) is 25.2. The highest BCUT2D eigenvalue weighted by Crippen LogP contribution is 2.10. The van der Waals surface area contributed by atoms with Crippen LogP contribution < -0.4 is 5.32 Å². The molecule has 0 aliphatic heterocycles. The van der Waals surface area contributed by atoms with E-state index in [1.807, 2.05) is 31.7 Å².